The third-order valence-electron chi connectivity index (χ3n) is 7.15. The van der Waals surface area contributed by atoms with Crippen LogP contribution in [0.5, 0.6) is 0 Å². The van der Waals surface area contributed by atoms with Crippen LogP contribution in [0.15, 0.2) is 0 Å². The second-order valence-electron chi connectivity index (χ2n) is 10.1. The Hall–Kier alpha value is -0.480. The van der Waals surface area contributed by atoms with Gasteiger partial charge < -0.3 is 59.8 Å². The van der Waals surface area contributed by atoms with Gasteiger partial charge in [0.05, 0.1) is 26.4 Å². The summed E-state index contributed by atoms with van der Waals surface area (Å²) in [5.74, 6) is 0. The standard InChI is InChI=1S/C24H46O12/c1-3-5-6-7-9-24(8-4-2,12-33-22-20(31)18(29)16(27)14(10-25)35-22)13-34-23-21(32)19(30)17(28)15(11-26)36-23/h14-23,25-32H,3-13H2,1-2H3/t14-,15-,16-,17-,18+,19+,20-,21-,22-,23-/m0/s1. The summed E-state index contributed by atoms with van der Waals surface area (Å²) in [6.07, 6.45) is -7.98. The summed E-state index contributed by atoms with van der Waals surface area (Å²) in [6, 6.07) is 0. The maximum Gasteiger partial charge on any atom is 0.186 e. The minimum absolute atomic E-state index is 0.0348. The molecule has 2 rings (SSSR count). The lowest BCUT2D eigenvalue weighted by atomic mass is 9.79. The molecule has 0 unspecified atom stereocenters. The molecular weight excluding hydrogens is 480 g/mol. The number of hydrogen-bond acceptors (Lipinski definition) is 12. The van der Waals surface area contributed by atoms with Crippen LogP contribution in [-0.4, -0.2) is 129 Å². The minimum atomic E-state index is -1.56. The first-order valence-corrected chi connectivity index (χ1v) is 13.0. The minimum Gasteiger partial charge on any atom is -0.394 e. The van der Waals surface area contributed by atoms with Gasteiger partial charge in [0, 0.05) is 5.41 Å². The fraction of sp³-hybridized carbons (Fsp3) is 1.00. The van der Waals surface area contributed by atoms with E-state index in [0.717, 1.165) is 32.1 Å². The van der Waals surface area contributed by atoms with E-state index < -0.39 is 80.0 Å². The molecule has 0 aromatic rings. The lowest BCUT2D eigenvalue weighted by molar-refractivity contribution is -0.319. The van der Waals surface area contributed by atoms with Crippen LogP contribution in [0.4, 0.5) is 0 Å². The number of unbranched alkanes of at least 4 members (excludes halogenated alkanes) is 3. The zero-order chi connectivity index (χ0) is 26.9. The molecule has 0 amide bonds. The molecule has 12 heteroatoms. The molecule has 214 valence electrons. The van der Waals surface area contributed by atoms with E-state index in [2.05, 4.69) is 6.92 Å². The Bertz CT molecular complexity index is 566. The van der Waals surface area contributed by atoms with Crippen LogP contribution in [0.25, 0.3) is 0 Å². The fourth-order valence-electron chi connectivity index (χ4n) is 4.84. The van der Waals surface area contributed by atoms with Gasteiger partial charge in [0.2, 0.25) is 0 Å². The highest BCUT2D eigenvalue weighted by Gasteiger charge is 2.47. The summed E-state index contributed by atoms with van der Waals surface area (Å²) in [5.41, 5.74) is -0.625. The van der Waals surface area contributed by atoms with E-state index in [-0.39, 0.29) is 13.2 Å². The van der Waals surface area contributed by atoms with Crippen molar-refractivity contribution in [1.82, 2.24) is 0 Å². The van der Waals surface area contributed by atoms with E-state index in [1.165, 1.54) is 0 Å². The Balaban J connectivity index is 2.15. The van der Waals surface area contributed by atoms with Crippen molar-refractivity contribution in [3.8, 4) is 0 Å². The molecule has 0 saturated carbocycles. The predicted octanol–water partition coefficient (Wildman–Crippen LogP) is -1.62. The van der Waals surface area contributed by atoms with Crippen molar-refractivity contribution in [2.45, 2.75) is 120 Å². The van der Waals surface area contributed by atoms with Crippen molar-refractivity contribution in [3.05, 3.63) is 0 Å². The van der Waals surface area contributed by atoms with Gasteiger partial charge in [-0.15, -0.1) is 0 Å². The van der Waals surface area contributed by atoms with Crippen LogP contribution in [0.1, 0.15) is 58.8 Å². The molecule has 2 aliphatic heterocycles. The third kappa shape index (κ3) is 8.01. The average molecular weight is 527 g/mol. The van der Waals surface area contributed by atoms with Crippen molar-refractivity contribution in [2.24, 2.45) is 5.41 Å². The zero-order valence-corrected chi connectivity index (χ0v) is 21.3. The fourth-order valence-corrected chi connectivity index (χ4v) is 4.84. The van der Waals surface area contributed by atoms with Gasteiger partial charge in [0.1, 0.15) is 48.8 Å². The summed E-state index contributed by atoms with van der Waals surface area (Å²) in [5, 5.41) is 79.9. The number of aliphatic hydroxyl groups excluding tert-OH is 8. The monoisotopic (exact) mass is 526 g/mol. The predicted molar refractivity (Wildman–Crippen MR) is 126 cm³/mol. The van der Waals surface area contributed by atoms with Crippen LogP contribution >= 0.6 is 0 Å². The van der Waals surface area contributed by atoms with E-state index in [1.807, 2.05) is 6.92 Å². The molecule has 0 aliphatic carbocycles. The van der Waals surface area contributed by atoms with Gasteiger partial charge in [-0.25, -0.2) is 0 Å². The van der Waals surface area contributed by atoms with Crippen LogP contribution in [0, 0.1) is 5.41 Å². The molecule has 8 N–H and O–H groups in total. The molecule has 2 fully saturated rings. The first kappa shape index (κ1) is 31.7. The van der Waals surface area contributed by atoms with E-state index in [0.29, 0.717) is 12.8 Å². The van der Waals surface area contributed by atoms with Gasteiger partial charge in [-0.1, -0.05) is 46.0 Å². The summed E-state index contributed by atoms with van der Waals surface area (Å²) < 4.78 is 22.8. The lowest BCUT2D eigenvalue weighted by Crippen LogP contribution is -2.60. The van der Waals surface area contributed by atoms with E-state index in [4.69, 9.17) is 18.9 Å². The van der Waals surface area contributed by atoms with Gasteiger partial charge in [-0.3, -0.25) is 0 Å². The van der Waals surface area contributed by atoms with E-state index in [9.17, 15) is 40.9 Å². The molecule has 0 aromatic carbocycles. The number of rotatable bonds is 15. The highest BCUT2D eigenvalue weighted by Crippen LogP contribution is 2.35. The quantitative estimate of drug-likeness (QED) is 0.114. The molecule has 0 spiro atoms. The normalized spacial score (nSPS) is 37.8. The highest BCUT2D eigenvalue weighted by atomic mass is 16.7. The molecule has 0 bridgehead atoms. The highest BCUT2D eigenvalue weighted by molar-refractivity contribution is 4.91. The largest absolute Gasteiger partial charge is 0.394 e. The summed E-state index contributed by atoms with van der Waals surface area (Å²) in [4.78, 5) is 0. The zero-order valence-electron chi connectivity index (χ0n) is 21.3. The lowest BCUT2D eigenvalue weighted by Gasteiger charge is -2.43. The summed E-state index contributed by atoms with van der Waals surface area (Å²) in [7, 11) is 0. The maximum atomic E-state index is 10.4. The van der Waals surface area contributed by atoms with Crippen LogP contribution in [0.2, 0.25) is 0 Å². The molecule has 2 aliphatic rings. The van der Waals surface area contributed by atoms with Crippen LogP contribution < -0.4 is 0 Å². The second-order valence-corrected chi connectivity index (χ2v) is 10.1. The average Bonchev–Trinajstić information content (AvgIpc) is 2.87. The molecule has 0 radical (unpaired) electrons. The maximum absolute atomic E-state index is 10.4. The Labute approximate surface area is 212 Å². The molecule has 2 saturated heterocycles. The van der Waals surface area contributed by atoms with Gasteiger partial charge in [0.15, 0.2) is 12.6 Å². The molecular formula is C24H46O12. The summed E-state index contributed by atoms with van der Waals surface area (Å²) in [6.45, 7) is 3.02. The van der Waals surface area contributed by atoms with E-state index in [1.54, 1.807) is 0 Å². The Morgan fingerprint density at radius 3 is 1.44 bits per heavy atom. The number of aliphatic hydroxyl groups is 8. The van der Waals surface area contributed by atoms with Gasteiger partial charge in [-0.05, 0) is 12.8 Å². The van der Waals surface area contributed by atoms with Crippen molar-refractivity contribution in [3.63, 3.8) is 0 Å². The third-order valence-corrected chi connectivity index (χ3v) is 7.15. The van der Waals surface area contributed by atoms with Crippen molar-refractivity contribution in [2.75, 3.05) is 26.4 Å². The van der Waals surface area contributed by atoms with Gasteiger partial charge in [0.25, 0.3) is 0 Å². The van der Waals surface area contributed by atoms with Crippen LogP contribution in [-0.2, 0) is 18.9 Å². The van der Waals surface area contributed by atoms with Crippen LogP contribution in [0.3, 0.4) is 0 Å². The SMILES string of the molecule is CCCCCCC(CCC)(CO[C@H]1O[C@@H](CO)[C@H](O)[C@@H](O)[C@@H]1O)CO[C@H]1O[C@@H](CO)[C@H](O)[C@@H](O)[C@@H]1O. The van der Waals surface area contributed by atoms with Crippen molar-refractivity contribution in [1.29, 1.82) is 0 Å². The number of hydrogen-bond donors (Lipinski definition) is 8. The van der Waals surface area contributed by atoms with E-state index >= 15 is 0 Å². The topological polar surface area (TPSA) is 199 Å². The molecule has 2 heterocycles. The molecule has 12 nitrogen and oxygen atoms in total. The molecule has 36 heavy (non-hydrogen) atoms. The Morgan fingerprint density at radius 2 is 1.06 bits per heavy atom. The Morgan fingerprint density at radius 1 is 0.583 bits per heavy atom. The van der Waals surface area contributed by atoms with Gasteiger partial charge >= 0.3 is 0 Å². The van der Waals surface area contributed by atoms with Crippen molar-refractivity contribution >= 4 is 0 Å². The first-order valence-electron chi connectivity index (χ1n) is 13.0. The van der Waals surface area contributed by atoms with Gasteiger partial charge in [-0.2, -0.15) is 0 Å². The molecule has 10 atom stereocenters. The number of ether oxygens (including phenoxy) is 4. The Kier molecular flexibility index (Phi) is 13.4. The second kappa shape index (κ2) is 15.2. The molecule has 0 aromatic heterocycles. The first-order chi connectivity index (χ1) is 17.1. The van der Waals surface area contributed by atoms with Crippen molar-refractivity contribution < 1.29 is 59.8 Å². The smallest absolute Gasteiger partial charge is 0.186 e. The summed E-state index contributed by atoms with van der Waals surface area (Å²) >= 11 is 0.